The summed E-state index contributed by atoms with van der Waals surface area (Å²) >= 11 is 6.45. The number of likely N-dealkylation sites (N-methyl/N-ethyl adjacent to an activating group) is 1. The third-order valence-electron chi connectivity index (χ3n) is 4.54. The third kappa shape index (κ3) is 6.22. The Labute approximate surface area is 192 Å². The van der Waals surface area contributed by atoms with E-state index in [4.69, 9.17) is 31.2 Å². The molecule has 0 aromatic heterocycles. The first-order valence-electron chi connectivity index (χ1n) is 9.78. The van der Waals surface area contributed by atoms with Gasteiger partial charge < -0.3 is 18.9 Å². The van der Waals surface area contributed by atoms with Gasteiger partial charge in [0.2, 0.25) is 0 Å². The van der Waals surface area contributed by atoms with Crippen molar-refractivity contribution in [3.05, 3.63) is 58.5 Å². The standard InChI is InChI=1S/C23H25NO5S2/c1-16-6-4-5-7-18(16)28-12-10-27-11-13-29-19-9-8-17(14-20(19)26-3)15-21-22(25)24(2)23(30)31-21/h4-9,14-15H,10-13H2,1-3H3/b21-15-. The normalized spacial score (nSPS) is 14.9. The minimum Gasteiger partial charge on any atom is -0.493 e. The molecule has 1 aliphatic heterocycles. The second kappa shape index (κ2) is 11.2. The Balaban J connectivity index is 1.45. The van der Waals surface area contributed by atoms with Crippen LogP contribution in [0.3, 0.4) is 0 Å². The molecule has 164 valence electrons. The zero-order valence-corrected chi connectivity index (χ0v) is 19.4. The summed E-state index contributed by atoms with van der Waals surface area (Å²) in [5, 5.41) is 0. The van der Waals surface area contributed by atoms with E-state index in [1.54, 1.807) is 20.2 Å². The van der Waals surface area contributed by atoms with Crippen LogP contribution in [-0.4, -0.2) is 55.7 Å². The number of rotatable bonds is 10. The first-order chi connectivity index (χ1) is 15.0. The molecule has 0 atom stereocenters. The number of thioether (sulfide) groups is 1. The Bertz CT molecular complexity index is 976. The van der Waals surface area contributed by atoms with Gasteiger partial charge in [-0.1, -0.05) is 48.2 Å². The molecule has 6 nitrogen and oxygen atoms in total. The summed E-state index contributed by atoms with van der Waals surface area (Å²) < 4.78 is 23.0. The molecule has 3 rings (SSSR count). The van der Waals surface area contributed by atoms with Crippen LogP contribution in [0.25, 0.3) is 6.08 Å². The van der Waals surface area contributed by atoms with Gasteiger partial charge in [-0.25, -0.2) is 0 Å². The predicted octanol–water partition coefficient (Wildman–Crippen LogP) is 4.31. The van der Waals surface area contributed by atoms with Crippen LogP contribution in [0.1, 0.15) is 11.1 Å². The van der Waals surface area contributed by atoms with Gasteiger partial charge in [-0.3, -0.25) is 9.69 Å². The van der Waals surface area contributed by atoms with Crippen LogP contribution >= 0.6 is 24.0 Å². The van der Waals surface area contributed by atoms with Crippen LogP contribution in [0.4, 0.5) is 0 Å². The number of methoxy groups -OCH3 is 1. The number of thiocarbonyl (C=S) groups is 1. The Kier molecular flexibility index (Phi) is 8.34. The molecule has 0 N–H and O–H groups in total. The van der Waals surface area contributed by atoms with Gasteiger partial charge in [0.05, 0.1) is 25.2 Å². The lowest BCUT2D eigenvalue weighted by atomic mass is 10.2. The van der Waals surface area contributed by atoms with E-state index < -0.39 is 0 Å². The molecule has 2 aromatic rings. The van der Waals surface area contributed by atoms with Crippen molar-refractivity contribution < 1.29 is 23.7 Å². The van der Waals surface area contributed by atoms with E-state index in [1.165, 1.54) is 16.7 Å². The van der Waals surface area contributed by atoms with Gasteiger partial charge in [-0.2, -0.15) is 0 Å². The van der Waals surface area contributed by atoms with Crippen molar-refractivity contribution in [3.8, 4) is 17.2 Å². The van der Waals surface area contributed by atoms with Crippen LogP contribution in [0, 0.1) is 6.92 Å². The van der Waals surface area contributed by atoms with Gasteiger partial charge in [0.1, 0.15) is 23.3 Å². The van der Waals surface area contributed by atoms with Crippen molar-refractivity contribution in [3.63, 3.8) is 0 Å². The number of ether oxygens (including phenoxy) is 4. The van der Waals surface area contributed by atoms with E-state index in [9.17, 15) is 4.79 Å². The topological polar surface area (TPSA) is 57.2 Å². The summed E-state index contributed by atoms with van der Waals surface area (Å²) in [7, 11) is 3.25. The smallest absolute Gasteiger partial charge is 0.265 e. The lowest BCUT2D eigenvalue weighted by molar-refractivity contribution is -0.121. The first-order valence-corrected chi connectivity index (χ1v) is 11.0. The first kappa shape index (κ1) is 23.1. The third-order valence-corrected chi connectivity index (χ3v) is 6.02. The number of nitrogens with zero attached hydrogens (tertiary/aromatic N) is 1. The Morgan fingerprint density at radius 2 is 1.71 bits per heavy atom. The fourth-order valence-corrected chi connectivity index (χ4v) is 4.01. The second-order valence-corrected chi connectivity index (χ2v) is 8.40. The quantitative estimate of drug-likeness (QED) is 0.298. The number of para-hydroxylation sites is 1. The van der Waals surface area contributed by atoms with Crippen LogP contribution in [0.2, 0.25) is 0 Å². The lowest BCUT2D eigenvalue weighted by Gasteiger charge is -2.12. The summed E-state index contributed by atoms with van der Waals surface area (Å²) in [6, 6.07) is 13.4. The molecule has 31 heavy (non-hydrogen) atoms. The van der Waals surface area contributed by atoms with Crippen LogP contribution in [-0.2, 0) is 9.53 Å². The van der Waals surface area contributed by atoms with Crippen LogP contribution < -0.4 is 14.2 Å². The highest BCUT2D eigenvalue weighted by molar-refractivity contribution is 8.26. The minimum absolute atomic E-state index is 0.0992. The summed E-state index contributed by atoms with van der Waals surface area (Å²) in [5.41, 5.74) is 1.94. The molecule has 0 unspecified atom stereocenters. The Morgan fingerprint density at radius 3 is 2.35 bits per heavy atom. The highest BCUT2D eigenvalue weighted by Crippen LogP contribution is 2.34. The van der Waals surface area contributed by atoms with Gasteiger partial charge in [0, 0.05) is 7.05 Å². The van der Waals surface area contributed by atoms with Crippen molar-refractivity contribution in [1.82, 2.24) is 4.90 Å². The van der Waals surface area contributed by atoms with Gasteiger partial charge in [0.25, 0.3) is 5.91 Å². The number of hydrogen-bond donors (Lipinski definition) is 0. The second-order valence-electron chi connectivity index (χ2n) is 6.73. The van der Waals surface area contributed by atoms with Crippen molar-refractivity contribution in [2.75, 3.05) is 40.6 Å². The summed E-state index contributed by atoms with van der Waals surface area (Å²) in [5.74, 6) is 1.97. The largest absolute Gasteiger partial charge is 0.493 e. The van der Waals surface area contributed by atoms with Gasteiger partial charge >= 0.3 is 0 Å². The molecule has 1 aliphatic rings. The molecule has 0 spiro atoms. The fourth-order valence-electron chi connectivity index (χ4n) is 2.83. The highest BCUT2D eigenvalue weighted by Gasteiger charge is 2.28. The SMILES string of the molecule is COc1cc(/C=C2\SC(=S)N(C)C2=O)ccc1OCCOCCOc1ccccc1C. The number of carbonyl (C=O) groups is 1. The number of benzene rings is 2. The average molecular weight is 460 g/mol. The molecule has 1 saturated heterocycles. The predicted molar refractivity (Wildman–Crippen MR) is 127 cm³/mol. The van der Waals surface area contributed by atoms with Gasteiger partial charge in [-0.05, 0) is 42.3 Å². The maximum Gasteiger partial charge on any atom is 0.265 e. The maximum atomic E-state index is 12.2. The maximum absolute atomic E-state index is 12.2. The monoisotopic (exact) mass is 459 g/mol. The van der Waals surface area contributed by atoms with Crippen molar-refractivity contribution in [1.29, 1.82) is 0 Å². The van der Waals surface area contributed by atoms with Crippen molar-refractivity contribution in [2.24, 2.45) is 0 Å². The van der Waals surface area contributed by atoms with E-state index in [2.05, 4.69) is 0 Å². The molecule has 1 heterocycles. The average Bonchev–Trinajstić information content (AvgIpc) is 3.01. The summed E-state index contributed by atoms with van der Waals surface area (Å²) in [4.78, 5) is 14.2. The van der Waals surface area contributed by atoms with E-state index in [0.717, 1.165) is 16.9 Å². The molecular weight excluding hydrogens is 434 g/mol. The number of aryl methyl sites for hydroxylation is 1. The summed E-state index contributed by atoms with van der Waals surface area (Å²) in [6.45, 7) is 3.78. The Hall–Kier alpha value is -2.55. The van der Waals surface area contributed by atoms with Gasteiger partial charge in [0.15, 0.2) is 11.5 Å². The highest BCUT2D eigenvalue weighted by atomic mass is 32.2. The molecule has 8 heteroatoms. The molecule has 0 radical (unpaired) electrons. The molecular formula is C23H25NO5S2. The number of amides is 1. The van der Waals surface area contributed by atoms with E-state index in [-0.39, 0.29) is 5.91 Å². The Morgan fingerprint density at radius 1 is 1.00 bits per heavy atom. The molecule has 0 saturated carbocycles. The van der Waals surface area contributed by atoms with Crippen molar-refractivity contribution in [2.45, 2.75) is 6.92 Å². The van der Waals surface area contributed by atoms with E-state index in [0.29, 0.717) is 47.2 Å². The summed E-state index contributed by atoms with van der Waals surface area (Å²) in [6.07, 6.45) is 1.80. The lowest BCUT2D eigenvalue weighted by Crippen LogP contribution is -2.22. The molecule has 1 fully saturated rings. The molecule has 0 bridgehead atoms. The minimum atomic E-state index is -0.0992. The zero-order valence-electron chi connectivity index (χ0n) is 17.8. The van der Waals surface area contributed by atoms with Crippen LogP contribution in [0.15, 0.2) is 47.4 Å². The molecule has 2 aromatic carbocycles. The van der Waals surface area contributed by atoms with Gasteiger partial charge in [-0.15, -0.1) is 0 Å². The molecule has 0 aliphatic carbocycles. The zero-order chi connectivity index (χ0) is 22.2. The number of carbonyl (C=O) groups excluding carboxylic acids is 1. The molecule has 1 amide bonds. The van der Waals surface area contributed by atoms with Crippen molar-refractivity contribution >= 4 is 40.3 Å². The van der Waals surface area contributed by atoms with Crippen LogP contribution in [0.5, 0.6) is 17.2 Å². The number of hydrogen-bond acceptors (Lipinski definition) is 7. The van der Waals surface area contributed by atoms with E-state index in [1.807, 2.05) is 49.4 Å². The fraction of sp³-hybridized carbons (Fsp3) is 0.304. The van der Waals surface area contributed by atoms with E-state index >= 15 is 0 Å².